The van der Waals surface area contributed by atoms with E-state index in [1.807, 2.05) is 0 Å². The first kappa shape index (κ1) is 11.5. The summed E-state index contributed by atoms with van der Waals surface area (Å²) in [6.45, 7) is 0. The summed E-state index contributed by atoms with van der Waals surface area (Å²) in [6.07, 6.45) is 0.700. The highest BCUT2D eigenvalue weighted by Crippen LogP contribution is 2.26. The Morgan fingerprint density at radius 2 is 2.00 bits per heavy atom. The van der Waals surface area contributed by atoms with Crippen molar-refractivity contribution in [3.63, 3.8) is 0 Å². The Morgan fingerprint density at radius 1 is 1.24 bits per heavy atom. The molecule has 0 aliphatic heterocycles. The zero-order chi connectivity index (χ0) is 12.4. The highest BCUT2D eigenvalue weighted by Gasteiger charge is 2.09. The Hall–Kier alpha value is -2.01. The molecule has 2 rings (SSSR count). The number of carbonyl (C=O) groups excluding carboxylic acids is 1. The third kappa shape index (κ3) is 2.39. The number of thiophene rings is 1. The molecule has 0 saturated carbocycles. The maximum absolute atomic E-state index is 13.2. The lowest BCUT2D eigenvalue weighted by Crippen LogP contribution is -1.97. The lowest BCUT2D eigenvalue weighted by Gasteiger charge is -2.01. The zero-order valence-electron chi connectivity index (χ0n) is 8.51. The minimum absolute atomic E-state index is 0.112. The Labute approximate surface area is 100 Å². The van der Waals surface area contributed by atoms with E-state index in [2.05, 4.69) is 0 Å². The first-order valence-electron chi connectivity index (χ1n) is 4.68. The van der Waals surface area contributed by atoms with Crippen LogP contribution in [0.1, 0.15) is 20.0 Å². The first-order valence-corrected chi connectivity index (χ1v) is 5.56. The number of carboxylic acids is 1. The van der Waals surface area contributed by atoms with Crippen molar-refractivity contribution in [1.82, 2.24) is 0 Å². The van der Waals surface area contributed by atoms with Gasteiger partial charge in [0.15, 0.2) is 6.29 Å². The smallest absolute Gasteiger partial charge is 0.335 e. The third-order valence-electron chi connectivity index (χ3n) is 2.21. The van der Waals surface area contributed by atoms with Gasteiger partial charge in [0.05, 0.1) is 10.4 Å². The SMILES string of the molecule is O=Cc1cc(-c2cc(F)cc(C(=O)O)c2)cs1. The molecule has 86 valence electrons. The van der Waals surface area contributed by atoms with Crippen LogP contribution in [0, 0.1) is 5.82 Å². The fourth-order valence-corrected chi connectivity index (χ4v) is 2.16. The summed E-state index contributed by atoms with van der Waals surface area (Å²) in [6, 6.07) is 5.17. The van der Waals surface area contributed by atoms with Crippen LogP contribution in [0.4, 0.5) is 4.39 Å². The van der Waals surface area contributed by atoms with Crippen molar-refractivity contribution in [2.24, 2.45) is 0 Å². The third-order valence-corrected chi connectivity index (χ3v) is 3.07. The van der Waals surface area contributed by atoms with Crippen molar-refractivity contribution < 1.29 is 19.1 Å². The molecule has 1 N–H and O–H groups in total. The second-order valence-electron chi connectivity index (χ2n) is 3.39. The highest BCUT2D eigenvalue weighted by atomic mass is 32.1. The summed E-state index contributed by atoms with van der Waals surface area (Å²) < 4.78 is 13.2. The van der Waals surface area contributed by atoms with E-state index in [1.54, 1.807) is 11.4 Å². The first-order chi connectivity index (χ1) is 8.10. The topological polar surface area (TPSA) is 54.4 Å². The van der Waals surface area contributed by atoms with Crippen molar-refractivity contribution >= 4 is 23.6 Å². The summed E-state index contributed by atoms with van der Waals surface area (Å²) in [5, 5.41) is 10.5. The normalized spacial score (nSPS) is 10.2. The fourth-order valence-electron chi connectivity index (χ4n) is 1.45. The number of aromatic carboxylic acids is 1. The minimum Gasteiger partial charge on any atom is -0.478 e. The van der Waals surface area contributed by atoms with Gasteiger partial charge in [-0.1, -0.05) is 0 Å². The van der Waals surface area contributed by atoms with Crippen molar-refractivity contribution in [3.05, 3.63) is 45.9 Å². The number of carboxylic acid groups (broad SMARTS) is 1. The molecular weight excluding hydrogens is 243 g/mol. The summed E-state index contributed by atoms with van der Waals surface area (Å²) in [4.78, 5) is 21.8. The van der Waals surface area contributed by atoms with E-state index in [1.165, 1.54) is 23.5 Å². The summed E-state index contributed by atoms with van der Waals surface area (Å²) in [5.41, 5.74) is 0.977. The molecule has 3 nitrogen and oxygen atoms in total. The summed E-state index contributed by atoms with van der Waals surface area (Å²) in [7, 11) is 0. The van der Waals surface area contributed by atoms with Gasteiger partial charge in [-0.2, -0.15) is 0 Å². The quantitative estimate of drug-likeness (QED) is 0.852. The van der Waals surface area contributed by atoms with Crippen molar-refractivity contribution in [2.75, 3.05) is 0 Å². The number of hydrogen-bond acceptors (Lipinski definition) is 3. The lowest BCUT2D eigenvalue weighted by molar-refractivity contribution is 0.0696. The zero-order valence-corrected chi connectivity index (χ0v) is 9.33. The number of hydrogen-bond donors (Lipinski definition) is 1. The van der Waals surface area contributed by atoms with Crippen molar-refractivity contribution in [3.8, 4) is 11.1 Å². The van der Waals surface area contributed by atoms with Gasteiger partial charge in [-0.05, 0) is 40.8 Å². The van der Waals surface area contributed by atoms with E-state index in [0.29, 0.717) is 22.3 Å². The molecule has 5 heteroatoms. The van der Waals surface area contributed by atoms with E-state index in [0.717, 1.165) is 6.07 Å². The molecule has 0 radical (unpaired) electrons. The van der Waals surface area contributed by atoms with E-state index >= 15 is 0 Å². The standard InChI is InChI=1S/C12H7FO3S/c13-10-2-7(1-8(3-10)12(15)16)9-4-11(5-14)17-6-9/h1-6H,(H,15,16). The van der Waals surface area contributed by atoms with Crippen LogP contribution in [0.25, 0.3) is 11.1 Å². The van der Waals surface area contributed by atoms with Gasteiger partial charge in [-0.15, -0.1) is 11.3 Å². The Kier molecular flexibility index (Phi) is 3.01. The van der Waals surface area contributed by atoms with Gasteiger partial charge in [0.25, 0.3) is 0 Å². The molecule has 0 aliphatic carbocycles. The van der Waals surface area contributed by atoms with Gasteiger partial charge < -0.3 is 5.11 Å². The molecule has 1 aromatic heterocycles. The molecule has 0 amide bonds. The molecule has 0 saturated heterocycles. The van der Waals surface area contributed by atoms with Gasteiger partial charge in [0.1, 0.15) is 5.82 Å². The number of halogens is 1. The number of benzene rings is 1. The van der Waals surface area contributed by atoms with E-state index < -0.39 is 11.8 Å². The largest absolute Gasteiger partial charge is 0.478 e. The van der Waals surface area contributed by atoms with Gasteiger partial charge in [-0.25, -0.2) is 9.18 Å². The van der Waals surface area contributed by atoms with Crippen LogP contribution in [0.5, 0.6) is 0 Å². The van der Waals surface area contributed by atoms with E-state index in [-0.39, 0.29) is 5.56 Å². The van der Waals surface area contributed by atoms with Gasteiger partial charge in [0.2, 0.25) is 0 Å². The monoisotopic (exact) mass is 250 g/mol. The molecule has 0 fully saturated rings. The van der Waals surface area contributed by atoms with Crippen LogP contribution < -0.4 is 0 Å². The molecule has 0 unspecified atom stereocenters. The van der Waals surface area contributed by atoms with Crippen LogP contribution in [0.15, 0.2) is 29.6 Å². The van der Waals surface area contributed by atoms with Crippen molar-refractivity contribution in [2.45, 2.75) is 0 Å². The molecule has 0 aliphatic rings. The minimum atomic E-state index is -1.18. The van der Waals surface area contributed by atoms with Crippen molar-refractivity contribution in [1.29, 1.82) is 0 Å². The molecule has 0 bridgehead atoms. The Bertz CT molecular complexity index is 589. The molecule has 1 aromatic carbocycles. The van der Waals surface area contributed by atoms with Crippen LogP contribution in [-0.2, 0) is 0 Å². The molecule has 0 atom stereocenters. The Balaban J connectivity index is 2.51. The molecule has 1 heterocycles. The Morgan fingerprint density at radius 3 is 2.59 bits per heavy atom. The van der Waals surface area contributed by atoms with Crippen LogP contribution >= 0.6 is 11.3 Å². The van der Waals surface area contributed by atoms with E-state index in [4.69, 9.17) is 5.11 Å². The van der Waals surface area contributed by atoms with Gasteiger partial charge in [-0.3, -0.25) is 4.79 Å². The van der Waals surface area contributed by atoms with Gasteiger partial charge >= 0.3 is 5.97 Å². The van der Waals surface area contributed by atoms with Gasteiger partial charge in [0, 0.05) is 0 Å². The average Bonchev–Trinajstić information content (AvgIpc) is 2.76. The maximum atomic E-state index is 13.2. The lowest BCUT2D eigenvalue weighted by atomic mass is 10.1. The molecule has 17 heavy (non-hydrogen) atoms. The second kappa shape index (κ2) is 4.47. The predicted octanol–water partition coefficient (Wildman–Crippen LogP) is 3.06. The summed E-state index contributed by atoms with van der Waals surface area (Å²) in [5.74, 6) is -1.80. The van der Waals surface area contributed by atoms with E-state index in [9.17, 15) is 14.0 Å². The maximum Gasteiger partial charge on any atom is 0.335 e. The van der Waals surface area contributed by atoms with Crippen LogP contribution in [-0.4, -0.2) is 17.4 Å². The van der Waals surface area contributed by atoms with Crippen LogP contribution in [0.3, 0.4) is 0 Å². The molecule has 0 spiro atoms. The van der Waals surface area contributed by atoms with Crippen LogP contribution in [0.2, 0.25) is 0 Å². The molecular formula is C12H7FO3S. The second-order valence-corrected chi connectivity index (χ2v) is 4.33. The number of carbonyl (C=O) groups is 2. The summed E-state index contributed by atoms with van der Waals surface area (Å²) >= 11 is 1.23. The highest BCUT2D eigenvalue weighted by molar-refractivity contribution is 7.12. The number of aldehydes is 1. The fraction of sp³-hybridized carbons (Fsp3) is 0. The molecule has 2 aromatic rings. The predicted molar refractivity (Wildman–Crippen MR) is 62.1 cm³/mol. The average molecular weight is 250 g/mol. The number of rotatable bonds is 3.